The Kier molecular flexibility index (Phi) is 24.9. The Morgan fingerprint density at radius 3 is 1.00 bits per heavy atom. The molecule has 0 aromatic heterocycles. The van der Waals surface area contributed by atoms with Crippen LogP contribution in [0.2, 0.25) is 0 Å². The van der Waals surface area contributed by atoms with Crippen molar-refractivity contribution >= 4 is 7.32 Å². The second-order valence-electron chi connectivity index (χ2n) is 0.346. The van der Waals surface area contributed by atoms with Crippen molar-refractivity contribution in [1.82, 2.24) is 6.15 Å². The zero-order valence-electron chi connectivity index (χ0n) is 2.63. The minimum Gasteiger partial charge on any atom is -0.402 e. The fourth-order valence-corrected chi connectivity index (χ4v) is 0. The van der Waals surface area contributed by atoms with Crippen molar-refractivity contribution in [2.24, 2.45) is 0 Å². The van der Waals surface area contributed by atoms with Crippen molar-refractivity contribution in [1.29, 1.82) is 0 Å². The van der Waals surface area contributed by atoms with Crippen molar-refractivity contribution < 1.29 is 15.1 Å². The van der Waals surface area contributed by atoms with E-state index in [2.05, 4.69) is 0 Å². The summed E-state index contributed by atoms with van der Waals surface area (Å²) >= 11 is 0. The molecule has 0 fully saturated rings. The first-order valence-corrected chi connectivity index (χ1v) is 0.775. The number of hydrogen-bond donors (Lipinski definition) is 4. The average Bonchev–Trinajstić information content (AvgIpc) is 0.811. The Morgan fingerprint density at radius 2 is 1.00 bits per heavy atom. The van der Waals surface area contributed by atoms with Gasteiger partial charge in [0.15, 0.2) is 0 Å². The molecule has 0 saturated carbocycles. The van der Waals surface area contributed by atoms with Crippen LogP contribution in [0, 0.1) is 0 Å². The highest BCUT2D eigenvalue weighted by Gasteiger charge is 1.92. The third-order valence-electron chi connectivity index (χ3n) is 0. The Balaban J connectivity index is -0.0000000450. The van der Waals surface area contributed by atoms with Crippen LogP contribution in [0.3, 0.4) is 0 Å². The summed E-state index contributed by atoms with van der Waals surface area (Å²) in [5, 5.41) is 21.5. The first-order valence-electron chi connectivity index (χ1n) is 0.775. The molecule has 5 heteroatoms. The van der Waals surface area contributed by atoms with Crippen molar-refractivity contribution in [2.75, 3.05) is 0 Å². The van der Waals surface area contributed by atoms with Gasteiger partial charge >= 0.3 is 7.32 Å². The van der Waals surface area contributed by atoms with E-state index in [9.17, 15) is 0 Å². The smallest absolute Gasteiger partial charge is 0.402 e. The Hall–Kier alpha value is -0.0951. The fraction of sp³-hybridized carbons (Fsp3) is 1.00. The van der Waals surface area contributed by atoms with E-state index in [4.69, 9.17) is 15.1 Å². The van der Waals surface area contributed by atoms with Crippen LogP contribution in [0.4, 0.5) is 0 Å². The van der Waals surface area contributed by atoms with Crippen molar-refractivity contribution in [3.05, 3.63) is 0 Å². The van der Waals surface area contributed by atoms with Crippen LogP contribution in [-0.2, 0) is 0 Å². The monoisotopic (exact) mass is 95.1 g/mol. The van der Waals surface area contributed by atoms with Gasteiger partial charge in [0.2, 0.25) is 0 Å². The summed E-state index contributed by atoms with van der Waals surface area (Å²) in [6.45, 7) is 0. The van der Waals surface area contributed by atoms with E-state index in [1.165, 1.54) is 0 Å². The molecule has 0 unspecified atom stereocenters. The predicted octanol–water partition coefficient (Wildman–Crippen LogP) is -1.25. The summed E-state index contributed by atoms with van der Waals surface area (Å²) in [7, 11) is -2.17. The molecule has 4 nitrogen and oxygen atoms in total. The van der Waals surface area contributed by atoms with Crippen LogP contribution in [0.15, 0.2) is 0 Å². The highest BCUT2D eigenvalue weighted by atomic mass is 16.5. The molecule has 0 aliphatic carbocycles. The van der Waals surface area contributed by atoms with Crippen molar-refractivity contribution in [2.45, 2.75) is 7.43 Å². The van der Waals surface area contributed by atoms with Gasteiger partial charge < -0.3 is 21.2 Å². The van der Waals surface area contributed by atoms with Gasteiger partial charge in [-0.15, -0.1) is 0 Å². The van der Waals surface area contributed by atoms with Crippen LogP contribution in [-0.4, -0.2) is 22.4 Å². The zero-order valence-corrected chi connectivity index (χ0v) is 2.63. The Labute approximate surface area is 37.2 Å². The minimum absolute atomic E-state index is 0. The van der Waals surface area contributed by atoms with Crippen LogP contribution >= 0.6 is 0 Å². The molecule has 0 saturated heterocycles. The van der Waals surface area contributed by atoms with E-state index in [0.717, 1.165) is 0 Å². The molecule has 0 spiro atoms. The number of hydrogen-bond acceptors (Lipinski definition) is 4. The lowest BCUT2D eigenvalue weighted by molar-refractivity contribution is 0.278. The molecular weight excluding hydrogens is 84.8 g/mol. The molecule has 0 aliphatic heterocycles. The van der Waals surface area contributed by atoms with E-state index >= 15 is 0 Å². The summed E-state index contributed by atoms with van der Waals surface area (Å²) in [6, 6.07) is 0. The molecule has 0 amide bonds. The van der Waals surface area contributed by atoms with Gasteiger partial charge in [0.25, 0.3) is 0 Å². The summed E-state index contributed by atoms with van der Waals surface area (Å²) in [6.07, 6.45) is 0. The normalized spacial score (nSPS) is 4.50. The first-order chi connectivity index (χ1) is 1.73. The fourth-order valence-electron chi connectivity index (χ4n) is 0. The van der Waals surface area contributed by atoms with Gasteiger partial charge in [0.1, 0.15) is 0 Å². The highest BCUT2D eigenvalue weighted by Crippen LogP contribution is 1.40. The van der Waals surface area contributed by atoms with E-state index in [1.807, 2.05) is 0 Å². The molecule has 0 aromatic rings. The number of rotatable bonds is 0. The molecule has 0 atom stereocenters. The molecule has 6 N–H and O–H groups in total. The minimum atomic E-state index is -2.17. The summed E-state index contributed by atoms with van der Waals surface area (Å²) in [5.74, 6) is 0. The average molecular weight is 94.9 g/mol. The SMILES string of the molecule is C.N.OB(O)O. The Bertz CT molecular complexity index is 15.5. The van der Waals surface area contributed by atoms with Crippen molar-refractivity contribution in [3.8, 4) is 0 Å². The van der Waals surface area contributed by atoms with E-state index in [0.29, 0.717) is 0 Å². The second-order valence-corrected chi connectivity index (χ2v) is 0.346. The summed E-state index contributed by atoms with van der Waals surface area (Å²) < 4.78 is 0. The maximum atomic E-state index is 7.17. The molecule has 40 valence electrons. The first kappa shape index (κ1) is 16.8. The van der Waals surface area contributed by atoms with E-state index in [1.54, 1.807) is 0 Å². The standard InChI is InChI=1S/CH4.BH3O3.H3N/c;2-1(3)4;/h1H4;2-4H;1H3. The third kappa shape index (κ3) is 3650. The van der Waals surface area contributed by atoms with Crippen LogP contribution < -0.4 is 6.15 Å². The van der Waals surface area contributed by atoms with E-state index in [-0.39, 0.29) is 13.6 Å². The molecule has 0 rings (SSSR count). The topological polar surface area (TPSA) is 95.7 Å². The van der Waals surface area contributed by atoms with Gasteiger partial charge in [-0.3, -0.25) is 0 Å². The largest absolute Gasteiger partial charge is 0.631 e. The van der Waals surface area contributed by atoms with Gasteiger partial charge in [-0.1, -0.05) is 7.43 Å². The molecule has 6 heavy (non-hydrogen) atoms. The van der Waals surface area contributed by atoms with Crippen LogP contribution in [0.5, 0.6) is 0 Å². The van der Waals surface area contributed by atoms with Gasteiger partial charge in [-0.05, 0) is 0 Å². The van der Waals surface area contributed by atoms with Crippen LogP contribution in [0.25, 0.3) is 0 Å². The lowest BCUT2D eigenvalue weighted by Gasteiger charge is -1.69. The maximum Gasteiger partial charge on any atom is 0.631 e. The van der Waals surface area contributed by atoms with E-state index < -0.39 is 7.32 Å². The molecule has 0 aromatic carbocycles. The molecular formula is CH10BNO3. The quantitative estimate of drug-likeness (QED) is 0.282. The van der Waals surface area contributed by atoms with Crippen molar-refractivity contribution in [3.63, 3.8) is 0 Å². The van der Waals surface area contributed by atoms with Gasteiger partial charge in [0, 0.05) is 0 Å². The molecule has 0 radical (unpaired) electrons. The molecule has 0 bridgehead atoms. The highest BCUT2D eigenvalue weighted by molar-refractivity contribution is 6.30. The summed E-state index contributed by atoms with van der Waals surface area (Å²) in [5.41, 5.74) is 0. The zero-order chi connectivity index (χ0) is 3.58. The Morgan fingerprint density at radius 1 is 1.00 bits per heavy atom. The lowest BCUT2D eigenvalue weighted by atomic mass is 10.3. The van der Waals surface area contributed by atoms with Gasteiger partial charge in [-0.25, -0.2) is 0 Å². The summed E-state index contributed by atoms with van der Waals surface area (Å²) in [4.78, 5) is 0. The van der Waals surface area contributed by atoms with Gasteiger partial charge in [-0.2, -0.15) is 0 Å². The third-order valence-corrected chi connectivity index (χ3v) is 0. The second kappa shape index (κ2) is 8.86. The molecule has 0 heterocycles. The van der Waals surface area contributed by atoms with Crippen LogP contribution in [0.1, 0.15) is 7.43 Å². The van der Waals surface area contributed by atoms with Gasteiger partial charge in [0.05, 0.1) is 0 Å². The lowest BCUT2D eigenvalue weighted by Crippen LogP contribution is -2.07. The predicted molar refractivity (Wildman–Crippen MR) is 24.2 cm³/mol. The molecule has 0 aliphatic rings. The maximum absolute atomic E-state index is 7.17.